The largest absolute Gasteiger partial charge is 0.476 e. The van der Waals surface area contributed by atoms with Crippen molar-refractivity contribution in [3.63, 3.8) is 0 Å². The summed E-state index contributed by atoms with van der Waals surface area (Å²) in [5, 5.41) is 6.37. The molecule has 0 amide bonds. The van der Waals surface area contributed by atoms with Crippen LogP contribution in [0.2, 0.25) is 0 Å². The highest BCUT2D eigenvalue weighted by Crippen LogP contribution is 2.29. The van der Waals surface area contributed by atoms with E-state index in [1.54, 1.807) is 7.11 Å². The van der Waals surface area contributed by atoms with Crippen LogP contribution >= 0.6 is 20.7 Å². The smallest absolute Gasteiger partial charge is 0.264 e. The molecule has 56 valence electrons. The lowest BCUT2D eigenvalue weighted by Gasteiger charge is -2.06. The zero-order chi connectivity index (χ0) is 6.97. The van der Waals surface area contributed by atoms with Crippen LogP contribution in [-0.4, -0.2) is 26.2 Å². The third-order valence-electron chi connectivity index (χ3n) is 1.53. The van der Waals surface area contributed by atoms with E-state index >= 15 is 0 Å². The van der Waals surface area contributed by atoms with Gasteiger partial charge in [0.15, 0.2) is 0 Å². The lowest BCUT2D eigenvalue weighted by molar-refractivity contribution is 0.386. The Morgan fingerprint density at radius 2 is 2.60 bits per heavy atom. The maximum atomic E-state index is 5.05. The van der Waals surface area contributed by atoms with Crippen LogP contribution in [0.5, 0.6) is 0 Å². The normalized spacial score (nSPS) is 24.1. The van der Waals surface area contributed by atoms with Crippen molar-refractivity contribution in [2.24, 2.45) is 5.10 Å². The Balaban J connectivity index is 2.02. The monoisotopic (exact) mass is 252 g/mol. The number of methoxy groups -OCH3 is 1. The Hall–Kier alpha value is -0.130. The molecule has 0 aromatic carbocycles. The van der Waals surface area contributed by atoms with Crippen molar-refractivity contribution in [3.8, 4) is 0 Å². The van der Waals surface area contributed by atoms with E-state index < -0.39 is 0 Å². The predicted octanol–water partition coefficient (Wildman–Crippen LogP) is 1.11. The number of halogens is 1. The van der Waals surface area contributed by atoms with Crippen molar-refractivity contribution in [1.82, 2.24) is 5.01 Å². The summed E-state index contributed by atoms with van der Waals surface area (Å²) in [7, 11) is 1.70. The molecule has 0 atom stereocenters. The van der Waals surface area contributed by atoms with Crippen LogP contribution in [-0.2, 0) is 4.74 Å². The van der Waals surface area contributed by atoms with Crippen LogP contribution in [0.15, 0.2) is 5.10 Å². The lowest BCUT2D eigenvalue weighted by atomic mass is 10.7. The minimum Gasteiger partial charge on any atom is -0.476 e. The van der Waals surface area contributed by atoms with Gasteiger partial charge in [0, 0.05) is 20.7 Å². The SMILES string of the molecule is COC1=NN(C2CC2)C=I1. The van der Waals surface area contributed by atoms with Gasteiger partial charge in [-0.2, -0.15) is 0 Å². The first-order valence-corrected chi connectivity index (χ1v) is 5.60. The summed E-state index contributed by atoms with van der Waals surface area (Å²) in [5.74, 6) is 0. The van der Waals surface area contributed by atoms with Crippen LogP contribution < -0.4 is 0 Å². The quantitative estimate of drug-likeness (QED) is 0.653. The molecule has 0 spiro atoms. The molecule has 2 aliphatic rings. The van der Waals surface area contributed by atoms with Crippen LogP contribution in [0.25, 0.3) is 0 Å². The van der Waals surface area contributed by atoms with Gasteiger partial charge in [0.1, 0.15) is 0 Å². The van der Waals surface area contributed by atoms with Gasteiger partial charge in [0.25, 0.3) is 3.90 Å². The van der Waals surface area contributed by atoms with Crippen molar-refractivity contribution in [2.45, 2.75) is 18.9 Å². The van der Waals surface area contributed by atoms with E-state index in [1.807, 2.05) is 0 Å². The summed E-state index contributed by atoms with van der Waals surface area (Å²) in [4.78, 5) is 0. The van der Waals surface area contributed by atoms with Crippen molar-refractivity contribution in [1.29, 1.82) is 0 Å². The Morgan fingerprint density at radius 1 is 1.80 bits per heavy atom. The highest BCUT2D eigenvalue weighted by Gasteiger charge is 2.29. The van der Waals surface area contributed by atoms with Crippen molar-refractivity contribution < 1.29 is 4.74 Å². The van der Waals surface area contributed by atoms with Gasteiger partial charge in [0.2, 0.25) is 0 Å². The second kappa shape index (κ2) is 2.48. The van der Waals surface area contributed by atoms with E-state index in [1.165, 1.54) is 12.8 Å². The topological polar surface area (TPSA) is 24.8 Å². The summed E-state index contributed by atoms with van der Waals surface area (Å²) < 4.78 is 8.20. The third kappa shape index (κ3) is 1.16. The molecule has 3 nitrogen and oxygen atoms in total. The molecule has 0 bridgehead atoms. The van der Waals surface area contributed by atoms with Crippen LogP contribution in [0, 0.1) is 0 Å². The second-order valence-electron chi connectivity index (χ2n) is 2.37. The van der Waals surface area contributed by atoms with Crippen molar-refractivity contribution in [3.05, 3.63) is 0 Å². The fraction of sp³-hybridized carbons (Fsp3) is 0.667. The molecule has 1 saturated carbocycles. The molecule has 0 unspecified atom stereocenters. The van der Waals surface area contributed by atoms with E-state index in [0.29, 0.717) is 6.04 Å². The van der Waals surface area contributed by atoms with Crippen LogP contribution in [0.1, 0.15) is 12.8 Å². The molecule has 1 aliphatic carbocycles. The van der Waals surface area contributed by atoms with Gasteiger partial charge in [-0.3, -0.25) is 5.01 Å². The summed E-state index contributed by atoms with van der Waals surface area (Å²) in [6.45, 7) is 0. The standard InChI is InChI=1S/C6H9IN2O/c1-10-6-7-4-9(8-6)5-2-3-5/h4-5H,2-3H2,1H3. The van der Waals surface area contributed by atoms with Crippen molar-refractivity contribution >= 4 is 28.8 Å². The first-order valence-electron chi connectivity index (χ1n) is 3.28. The average molecular weight is 252 g/mol. The van der Waals surface area contributed by atoms with Gasteiger partial charge >= 0.3 is 0 Å². The molecular formula is C6H9IN2O. The molecule has 0 N–H and O–H groups in total. The van der Waals surface area contributed by atoms with E-state index in [9.17, 15) is 0 Å². The Labute approximate surface area is 69.8 Å². The van der Waals surface area contributed by atoms with Gasteiger partial charge in [-0.15, -0.1) is 5.10 Å². The van der Waals surface area contributed by atoms with E-state index in [4.69, 9.17) is 4.74 Å². The lowest BCUT2D eigenvalue weighted by Crippen LogP contribution is -2.14. The second-order valence-corrected chi connectivity index (χ2v) is 4.48. The van der Waals surface area contributed by atoms with Gasteiger partial charge in [-0.25, -0.2) is 0 Å². The maximum Gasteiger partial charge on any atom is 0.264 e. The van der Waals surface area contributed by atoms with Crippen molar-refractivity contribution in [2.75, 3.05) is 7.11 Å². The minimum atomic E-state index is -0.0288. The number of rotatable bonds is 1. The van der Waals surface area contributed by atoms with E-state index in [0.717, 1.165) is 3.90 Å². The third-order valence-corrected chi connectivity index (χ3v) is 3.56. The summed E-state index contributed by atoms with van der Waals surface area (Å²) in [6.07, 6.45) is 2.61. The average Bonchev–Trinajstić information content (AvgIpc) is 2.70. The number of hydrogen-bond donors (Lipinski definition) is 0. The summed E-state index contributed by atoms with van der Waals surface area (Å²) in [6, 6.07) is 0.715. The zero-order valence-electron chi connectivity index (χ0n) is 5.75. The molecule has 1 aliphatic heterocycles. The number of nitrogens with zero attached hydrogens (tertiary/aromatic N) is 2. The summed E-state index contributed by atoms with van der Waals surface area (Å²) in [5.41, 5.74) is 0. The molecule has 0 saturated heterocycles. The first kappa shape index (κ1) is 6.57. The summed E-state index contributed by atoms with van der Waals surface area (Å²) >= 11 is -0.0288. The molecule has 0 radical (unpaired) electrons. The fourth-order valence-electron chi connectivity index (χ4n) is 0.812. The molecule has 4 heteroatoms. The highest BCUT2D eigenvalue weighted by molar-refractivity contribution is 14.2. The Bertz CT molecular complexity index is 198. The molecule has 1 fully saturated rings. The Morgan fingerprint density at radius 3 is 3.10 bits per heavy atom. The number of ether oxygens (including phenoxy) is 1. The molecular weight excluding hydrogens is 243 g/mol. The number of hydrogen-bond acceptors (Lipinski definition) is 3. The molecule has 2 rings (SSSR count). The first-order chi connectivity index (χ1) is 4.90. The van der Waals surface area contributed by atoms with E-state index in [-0.39, 0.29) is 20.7 Å². The fourth-order valence-corrected chi connectivity index (χ4v) is 2.54. The predicted molar refractivity (Wildman–Crippen MR) is 49.4 cm³/mol. The van der Waals surface area contributed by atoms with E-state index in [2.05, 4.69) is 14.2 Å². The zero-order valence-corrected chi connectivity index (χ0v) is 7.91. The Kier molecular flexibility index (Phi) is 1.63. The van der Waals surface area contributed by atoms with Crippen LogP contribution in [0.4, 0.5) is 0 Å². The van der Waals surface area contributed by atoms with Crippen LogP contribution in [0.3, 0.4) is 0 Å². The maximum absolute atomic E-state index is 5.05. The minimum absolute atomic E-state index is 0.0288. The molecule has 1 heterocycles. The molecule has 10 heavy (non-hydrogen) atoms. The van der Waals surface area contributed by atoms with Gasteiger partial charge in [0.05, 0.1) is 17.3 Å². The molecule has 0 aromatic rings. The van der Waals surface area contributed by atoms with Gasteiger partial charge < -0.3 is 4.74 Å². The highest BCUT2D eigenvalue weighted by atomic mass is 127. The molecule has 0 aromatic heterocycles. The number of hydrazone groups is 1. The van der Waals surface area contributed by atoms with Gasteiger partial charge in [-0.05, 0) is 12.8 Å². The van der Waals surface area contributed by atoms with Gasteiger partial charge in [-0.1, -0.05) is 0 Å².